The van der Waals surface area contributed by atoms with Gasteiger partial charge in [-0.25, -0.2) is 0 Å². The van der Waals surface area contributed by atoms with Crippen LogP contribution in [0.2, 0.25) is 0 Å². The van der Waals surface area contributed by atoms with Gasteiger partial charge in [0.05, 0.1) is 0 Å². The Bertz CT molecular complexity index is 687. The van der Waals surface area contributed by atoms with Crippen LogP contribution in [-0.4, -0.2) is 12.5 Å². The standard InChI is InChI=1S/C20H25BrN2O/c1-5-18(16-6-8-17(21)9-7-16)22-12-19(24)23-20-14(3)10-13(2)11-15(20)4/h6-11,18,22H,5,12H2,1-4H3,(H,23,24)/p+1/t18-/m0/s1. The smallest absolute Gasteiger partial charge is 0.279 e. The first-order valence-corrected chi connectivity index (χ1v) is 9.16. The normalized spacial score (nSPS) is 12.0. The van der Waals surface area contributed by atoms with Gasteiger partial charge in [-0.05, 0) is 44.0 Å². The number of rotatable bonds is 6. The molecule has 2 aromatic carbocycles. The highest BCUT2D eigenvalue weighted by molar-refractivity contribution is 9.10. The van der Waals surface area contributed by atoms with Crippen LogP contribution in [0.3, 0.4) is 0 Å². The highest BCUT2D eigenvalue weighted by Crippen LogP contribution is 2.21. The predicted octanol–water partition coefficient (Wildman–Crippen LogP) is 4.03. The second-order valence-electron chi connectivity index (χ2n) is 6.33. The van der Waals surface area contributed by atoms with Gasteiger partial charge in [0.2, 0.25) is 0 Å². The quantitative estimate of drug-likeness (QED) is 0.769. The summed E-state index contributed by atoms with van der Waals surface area (Å²) in [5.74, 6) is 0.0422. The third-order valence-electron chi connectivity index (χ3n) is 4.27. The van der Waals surface area contributed by atoms with Crippen LogP contribution in [-0.2, 0) is 4.79 Å². The Hall–Kier alpha value is -1.65. The summed E-state index contributed by atoms with van der Waals surface area (Å²) in [4.78, 5) is 12.4. The summed E-state index contributed by atoms with van der Waals surface area (Å²) in [6.07, 6.45) is 0.984. The molecule has 0 bridgehead atoms. The molecule has 0 saturated carbocycles. The number of aryl methyl sites for hydroxylation is 3. The van der Waals surface area contributed by atoms with E-state index in [1.165, 1.54) is 11.1 Å². The van der Waals surface area contributed by atoms with E-state index in [1.54, 1.807) is 0 Å². The zero-order valence-electron chi connectivity index (χ0n) is 14.8. The summed E-state index contributed by atoms with van der Waals surface area (Å²) in [6, 6.07) is 12.8. The minimum Gasteiger partial charge on any atom is -0.332 e. The molecule has 1 atom stereocenters. The first-order valence-electron chi connectivity index (χ1n) is 8.37. The van der Waals surface area contributed by atoms with Gasteiger partial charge in [-0.2, -0.15) is 0 Å². The Morgan fingerprint density at radius 2 is 1.71 bits per heavy atom. The van der Waals surface area contributed by atoms with Gasteiger partial charge in [-0.3, -0.25) is 4.79 Å². The van der Waals surface area contributed by atoms with E-state index in [9.17, 15) is 4.79 Å². The molecular weight excluding hydrogens is 364 g/mol. The van der Waals surface area contributed by atoms with Crippen LogP contribution in [0.15, 0.2) is 40.9 Å². The van der Waals surface area contributed by atoms with Crippen molar-refractivity contribution in [3.63, 3.8) is 0 Å². The monoisotopic (exact) mass is 389 g/mol. The molecule has 0 spiro atoms. The number of benzene rings is 2. The number of hydrogen-bond acceptors (Lipinski definition) is 1. The molecule has 0 aliphatic carbocycles. The fourth-order valence-electron chi connectivity index (χ4n) is 3.07. The summed E-state index contributed by atoms with van der Waals surface area (Å²) in [5, 5.41) is 5.18. The summed E-state index contributed by atoms with van der Waals surface area (Å²) in [6.45, 7) is 8.71. The molecule has 4 heteroatoms. The maximum atomic E-state index is 12.4. The number of amides is 1. The third kappa shape index (κ3) is 4.92. The van der Waals surface area contributed by atoms with Crippen LogP contribution in [0.1, 0.15) is 41.6 Å². The molecule has 24 heavy (non-hydrogen) atoms. The van der Waals surface area contributed by atoms with Crippen molar-refractivity contribution in [3.8, 4) is 0 Å². The Morgan fingerprint density at radius 1 is 1.12 bits per heavy atom. The number of carbonyl (C=O) groups is 1. The molecule has 0 heterocycles. The highest BCUT2D eigenvalue weighted by atomic mass is 79.9. The highest BCUT2D eigenvalue weighted by Gasteiger charge is 2.15. The van der Waals surface area contributed by atoms with Gasteiger partial charge in [-0.15, -0.1) is 0 Å². The molecule has 3 nitrogen and oxygen atoms in total. The van der Waals surface area contributed by atoms with Gasteiger partial charge < -0.3 is 10.6 Å². The Kier molecular flexibility index (Phi) is 6.58. The first kappa shape index (κ1) is 18.7. The lowest BCUT2D eigenvalue weighted by atomic mass is 10.0. The zero-order chi connectivity index (χ0) is 17.7. The van der Waals surface area contributed by atoms with Crippen LogP contribution >= 0.6 is 15.9 Å². The number of nitrogens with two attached hydrogens (primary N) is 1. The van der Waals surface area contributed by atoms with E-state index in [2.05, 4.69) is 64.7 Å². The zero-order valence-corrected chi connectivity index (χ0v) is 16.4. The minimum atomic E-state index is 0.0422. The number of nitrogens with one attached hydrogen (secondary N) is 1. The molecule has 0 aliphatic rings. The van der Waals surface area contributed by atoms with E-state index in [1.807, 2.05) is 26.0 Å². The van der Waals surface area contributed by atoms with Crippen molar-refractivity contribution in [1.82, 2.24) is 0 Å². The van der Waals surface area contributed by atoms with Gasteiger partial charge >= 0.3 is 0 Å². The molecule has 128 valence electrons. The van der Waals surface area contributed by atoms with E-state index in [-0.39, 0.29) is 5.91 Å². The van der Waals surface area contributed by atoms with Gasteiger partial charge in [-0.1, -0.05) is 52.7 Å². The van der Waals surface area contributed by atoms with E-state index < -0.39 is 0 Å². The maximum absolute atomic E-state index is 12.4. The Labute approximate surface area is 153 Å². The van der Waals surface area contributed by atoms with E-state index in [0.29, 0.717) is 12.6 Å². The largest absolute Gasteiger partial charge is 0.332 e. The van der Waals surface area contributed by atoms with E-state index >= 15 is 0 Å². The summed E-state index contributed by atoms with van der Waals surface area (Å²) in [7, 11) is 0. The van der Waals surface area contributed by atoms with Crippen molar-refractivity contribution in [1.29, 1.82) is 0 Å². The van der Waals surface area contributed by atoms with E-state index in [4.69, 9.17) is 0 Å². The van der Waals surface area contributed by atoms with Crippen LogP contribution < -0.4 is 10.6 Å². The van der Waals surface area contributed by atoms with Gasteiger partial charge in [0, 0.05) is 22.1 Å². The first-order chi connectivity index (χ1) is 11.4. The fourth-order valence-corrected chi connectivity index (χ4v) is 3.33. The number of hydrogen-bond donors (Lipinski definition) is 2. The van der Waals surface area contributed by atoms with Crippen molar-refractivity contribution in [2.75, 3.05) is 11.9 Å². The van der Waals surface area contributed by atoms with Crippen LogP contribution in [0.25, 0.3) is 0 Å². The summed E-state index contributed by atoms with van der Waals surface area (Å²) >= 11 is 3.46. The summed E-state index contributed by atoms with van der Waals surface area (Å²) in [5.41, 5.74) is 5.63. The SMILES string of the molecule is CC[C@H]([NH2+]CC(=O)Nc1c(C)cc(C)cc1C)c1ccc(Br)cc1. The molecule has 0 radical (unpaired) electrons. The van der Waals surface area contributed by atoms with Crippen molar-refractivity contribution in [3.05, 3.63) is 63.1 Å². The van der Waals surface area contributed by atoms with Crippen molar-refractivity contribution >= 4 is 27.5 Å². The maximum Gasteiger partial charge on any atom is 0.279 e. The molecule has 0 aromatic heterocycles. The van der Waals surface area contributed by atoms with Crippen LogP contribution in [0, 0.1) is 20.8 Å². The lowest BCUT2D eigenvalue weighted by Gasteiger charge is -2.16. The molecular formula is C20H26BrN2O+. The Balaban J connectivity index is 1.98. The second kappa shape index (κ2) is 8.45. The van der Waals surface area contributed by atoms with Crippen molar-refractivity contribution < 1.29 is 10.1 Å². The van der Waals surface area contributed by atoms with Crippen molar-refractivity contribution in [2.45, 2.75) is 40.2 Å². The Morgan fingerprint density at radius 3 is 2.25 bits per heavy atom. The van der Waals surface area contributed by atoms with Gasteiger partial charge in [0.25, 0.3) is 5.91 Å². The summed E-state index contributed by atoms with van der Waals surface area (Å²) < 4.78 is 1.07. The molecule has 0 unspecified atom stereocenters. The average molecular weight is 390 g/mol. The second-order valence-corrected chi connectivity index (χ2v) is 7.24. The molecule has 2 rings (SSSR count). The lowest BCUT2D eigenvalue weighted by Crippen LogP contribution is -2.87. The molecule has 2 aromatic rings. The van der Waals surface area contributed by atoms with Crippen molar-refractivity contribution in [2.24, 2.45) is 0 Å². The van der Waals surface area contributed by atoms with Crippen LogP contribution in [0.5, 0.6) is 0 Å². The van der Waals surface area contributed by atoms with Gasteiger partial charge in [0.15, 0.2) is 6.54 Å². The topological polar surface area (TPSA) is 45.7 Å². The number of halogens is 1. The molecule has 0 fully saturated rings. The number of quaternary nitrogens is 1. The number of anilines is 1. The van der Waals surface area contributed by atoms with E-state index in [0.717, 1.165) is 27.7 Å². The third-order valence-corrected chi connectivity index (χ3v) is 4.80. The molecule has 3 N–H and O–H groups in total. The average Bonchev–Trinajstić information content (AvgIpc) is 2.53. The predicted molar refractivity (Wildman–Crippen MR) is 103 cm³/mol. The molecule has 0 aliphatic heterocycles. The molecule has 0 saturated heterocycles. The molecule has 1 amide bonds. The lowest BCUT2D eigenvalue weighted by molar-refractivity contribution is -0.686. The van der Waals surface area contributed by atoms with Crippen LogP contribution in [0.4, 0.5) is 5.69 Å². The van der Waals surface area contributed by atoms with Gasteiger partial charge in [0.1, 0.15) is 6.04 Å². The number of carbonyl (C=O) groups excluding carboxylic acids is 1. The fraction of sp³-hybridized carbons (Fsp3) is 0.350. The minimum absolute atomic E-state index is 0.0422.